The molecule has 0 aliphatic carbocycles. The van der Waals surface area contributed by atoms with Crippen molar-refractivity contribution < 1.29 is 19.2 Å². The van der Waals surface area contributed by atoms with Crippen LogP contribution in [-0.2, 0) is 19.2 Å². The molecule has 166 valence electrons. The number of amides is 2. The monoisotopic (exact) mass is 432 g/mol. The van der Waals surface area contributed by atoms with Gasteiger partial charge < -0.3 is 4.74 Å². The minimum absolute atomic E-state index is 0.226. The van der Waals surface area contributed by atoms with E-state index in [1.807, 2.05) is 54.8 Å². The first-order valence-corrected chi connectivity index (χ1v) is 11.4. The molecule has 3 aliphatic rings. The first kappa shape index (κ1) is 20.8. The average molecular weight is 433 g/mol. The van der Waals surface area contributed by atoms with E-state index in [1.54, 1.807) is 17.2 Å². The Hall–Kier alpha value is -3.12. The van der Waals surface area contributed by atoms with Crippen molar-refractivity contribution in [3.63, 3.8) is 0 Å². The van der Waals surface area contributed by atoms with Crippen molar-refractivity contribution in [1.29, 1.82) is 0 Å². The largest absolute Gasteiger partial charge is 0.493 e. The lowest BCUT2D eigenvalue weighted by molar-refractivity contribution is -0.127. The third-order valence-electron chi connectivity index (χ3n) is 7.06. The summed E-state index contributed by atoms with van der Waals surface area (Å²) in [6.07, 6.45) is 4.32. The highest BCUT2D eigenvalue weighted by molar-refractivity contribution is 6.24. The number of nitrogens with zero attached hydrogens (tertiary/aromatic N) is 2. The highest BCUT2D eigenvalue weighted by Gasteiger charge is 2.65. The first-order chi connectivity index (χ1) is 15.6. The van der Waals surface area contributed by atoms with Gasteiger partial charge in [-0.1, -0.05) is 50.2 Å². The average Bonchev–Trinajstić information content (AvgIpc) is 3.36. The summed E-state index contributed by atoms with van der Waals surface area (Å²) in [6.45, 7) is 4.20. The van der Waals surface area contributed by atoms with E-state index in [1.165, 1.54) is 10.5 Å². The highest BCUT2D eigenvalue weighted by Crippen LogP contribution is 2.48. The summed E-state index contributed by atoms with van der Waals surface area (Å²) in [4.78, 5) is 34.7. The van der Waals surface area contributed by atoms with E-state index in [4.69, 9.17) is 9.57 Å². The minimum Gasteiger partial charge on any atom is -0.493 e. The molecular weight excluding hydrogens is 404 g/mol. The van der Waals surface area contributed by atoms with Crippen molar-refractivity contribution in [3.05, 3.63) is 72.5 Å². The lowest BCUT2D eigenvalue weighted by atomic mass is 9.76. The molecule has 2 fully saturated rings. The van der Waals surface area contributed by atoms with Gasteiger partial charge in [0.25, 0.3) is 5.91 Å². The molecule has 2 amide bonds. The molecule has 0 aromatic heterocycles. The number of ether oxygens (including phenoxy) is 1. The maximum absolute atomic E-state index is 13.7. The Kier molecular flexibility index (Phi) is 5.25. The van der Waals surface area contributed by atoms with Crippen LogP contribution in [0.25, 0.3) is 0 Å². The highest BCUT2D eigenvalue weighted by atomic mass is 16.7. The standard InChI is InChI=1S/C26H28N2O4/c1-3-18-15-16-26(4-2,31-17-18)23-21-22(32-28(23)20-13-9-6-10-14-20)25(30)27(24(21)29)19-11-7-5-8-12-19/h5-14,17,21-23H,3-4,15-16H2,1-2H3. The molecule has 6 nitrogen and oxygen atoms in total. The lowest BCUT2D eigenvalue weighted by Gasteiger charge is -2.45. The van der Waals surface area contributed by atoms with Gasteiger partial charge in [-0.2, -0.15) is 0 Å². The second-order valence-corrected chi connectivity index (χ2v) is 8.67. The van der Waals surface area contributed by atoms with E-state index in [2.05, 4.69) is 13.8 Å². The smallest absolute Gasteiger partial charge is 0.266 e. The van der Waals surface area contributed by atoms with E-state index in [0.717, 1.165) is 24.9 Å². The number of rotatable bonds is 5. The summed E-state index contributed by atoms with van der Waals surface area (Å²) < 4.78 is 6.42. The summed E-state index contributed by atoms with van der Waals surface area (Å²) >= 11 is 0. The molecule has 3 aliphatic heterocycles. The van der Waals surface area contributed by atoms with Crippen molar-refractivity contribution in [1.82, 2.24) is 0 Å². The second kappa shape index (κ2) is 8.10. The zero-order chi connectivity index (χ0) is 22.3. The van der Waals surface area contributed by atoms with Crippen molar-refractivity contribution >= 4 is 23.2 Å². The summed E-state index contributed by atoms with van der Waals surface area (Å²) in [6, 6.07) is 18.3. The number of imide groups is 1. The van der Waals surface area contributed by atoms with E-state index < -0.39 is 23.7 Å². The fourth-order valence-corrected chi connectivity index (χ4v) is 5.22. The SMILES string of the molecule is CCC1=COC(CC)(C2C3C(=O)N(c4ccccc4)C(=O)C3ON2c2ccccc2)CC1. The second-order valence-electron chi connectivity index (χ2n) is 8.67. The van der Waals surface area contributed by atoms with Crippen molar-refractivity contribution in [3.8, 4) is 0 Å². The summed E-state index contributed by atoms with van der Waals surface area (Å²) in [7, 11) is 0. The van der Waals surface area contributed by atoms with Crippen LogP contribution in [0.1, 0.15) is 39.5 Å². The quantitative estimate of drug-likeness (QED) is 0.646. The number of hydrogen-bond donors (Lipinski definition) is 0. The Balaban J connectivity index is 1.58. The van der Waals surface area contributed by atoms with Crippen molar-refractivity contribution in [2.45, 2.75) is 57.3 Å². The molecule has 0 N–H and O–H groups in total. The Morgan fingerprint density at radius 1 is 0.938 bits per heavy atom. The van der Waals surface area contributed by atoms with Crippen LogP contribution < -0.4 is 9.96 Å². The summed E-state index contributed by atoms with van der Waals surface area (Å²) in [5.41, 5.74) is 2.03. The van der Waals surface area contributed by atoms with Gasteiger partial charge in [0.15, 0.2) is 6.10 Å². The molecule has 32 heavy (non-hydrogen) atoms. The number of para-hydroxylation sites is 2. The van der Waals surface area contributed by atoms with Crippen LogP contribution >= 0.6 is 0 Å². The maximum Gasteiger partial charge on any atom is 0.266 e. The van der Waals surface area contributed by atoms with E-state index in [9.17, 15) is 9.59 Å². The van der Waals surface area contributed by atoms with Crippen LogP contribution in [0.15, 0.2) is 72.5 Å². The number of carbonyl (C=O) groups is 2. The Bertz CT molecular complexity index is 1040. The summed E-state index contributed by atoms with van der Waals surface area (Å²) in [5, 5.41) is 1.77. The number of fused-ring (bicyclic) bond motifs is 1. The Labute approximate surface area is 188 Å². The number of carbonyl (C=O) groups excluding carboxylic acids is 2. The summed E-state index contributed by atoms with van der Waals surface area (Å²) in [5.74, 6) is -1.18. The van der Waals surface area contributed by atoms with Crippen LogP contribution in [0, 0.1) is 5.92 Å². The van der Waals surface area contributed by atoms with Gasteiger partial charge in [-0.3, -0.25) is 14.4 Å². The van der Waals surface area contributed by atoms with Gasteiger partial charge in [0.05, 0.1) is 17.6 Å². The van der Waals surface area contributed by atoms with Gasteiger partial charge in [0.2, 0.25) is 5.91 Å². The molecule has 4 atom stereocenters. The van der Waals surface area contributed by atoms with Gasteiger partial charge in [-0.25, -0.2) is 9.96 Å². The molecule has 0 spiro atoms. The first-order valence-electron chi connectivity index (χ1n) is 11.4. The molecule has 0 saturated carbocycles. The van der Waals surface area contributed by atoms with Crippen LogP contribution in [0.5, 0.6) is 0 Å². The fraction of sp³-hybridized carbons (Fsp3) is 0.385. The fourth-order valence-electron chi connectivity index (χ4n) is 5.22. The molecule has 2 saturated heterocycles. The van der Waals surface area contributed by atoms with E-state index in [-0.39, 0.29) is 11.8 Å². The molecule has 2 aromatic carbocycles. The predicted molar refractivity (Wildman–Crippen MR) is 122 cm³/mol. The van der Waals surface area contributed by atoms with Crippen LogP contribution in [0.2, 0.25) is 0 Å². The van der Waals surface area contributed by atoms with Crippen LogP contribution in [0.3, 0.4) is 0 Å². The predicted octanol–water partition coefficient (Wildman–Crippen LogP) is 4.62. The van der Waals surface area contributed by atoms with Gasteiger partial charge in [0, 0.05) is 0 Å². The Morgan fingerprint density at radius 2 is 1.59 bits per heavy atom. The number of hydrogen-bond acceptors (Lipinski definition) is 5. The minimum atomic E-state index is -0.864. The topological polar surface area (TPSA) is 59.1 Å². The third kappa shape index (κ3) is 3.13. The number of allylic oxidation sites excluding steroid dienone is 1. The molecule has 0 radical (unpaired) electrons. The van der Waals surface area contributed by atoms with Crippen molar-refractivity contribution in [2.24, 2.45) is 5.92 Å². The van der Waals surface area contributed by atoms with E-state index in [0.29, 0.717) is 12.1 Å². The number of benzene rings is 2. The van der Waals surface area contributed by atoms with Crippen LogP contribution in [0.4, 0.5) is 11.4 Å². The molecule has 2 aromatic rings. The molecule has 5 rings (SSSR count). The van der Waals surface area contributed by atoms with Crippen LogP contribution in [-0.4, -0.2) is 29.6 Å². The molecule has 4 unspecified atom stereocenters. The molecule has 3 heterocycles. The molecule has 0 bridgehead atoms. The number of anilines is 2. The van der Waals surface area contributed by atoms with E-state index >= 15 is 0 Å². The molecule has 6 heteroatoms. The van der Waals surface area contributed by atoms with Gasteiger partial charge in [-0.15, -0.1) is 0 Å². The molecular formula is C26H28N2O4. The zero-order valence-electron chi connectivity index (χ0n) is 18.4. The van der Waals surface area contributed by atoms with Crippen molar-refractivity contribution in [2.75, 3.05) is 9.96 Å². The van der Waals surface area contributed by atoms with Gasteiger partial charge in [-0.05, 0) is 55.5 Å². The maximum atomic E-state index is 13.7. The normalized spacial score (nSPS) is 29.7. The Morgan fingerprint density at radius 3 is 2.16 bits per heavy atom. The lowest BCUT2D eigenvalue weighted by Crippen LogP contribution is -2.56. The van der Waals surface area contributed by atoms with Gasteiger partial charge >= 0.3 is 0 Å². The number of hydroxylamine groups is 1. The zero-order valence-corrected chi connectivity index (χ0v) is 18.4. The third-order valence-corrected chi connectivity index (χ3v) is 7.06. The van der Waals surface area contributed by atoms with Gasteiger partial charge in [0.1, 0.15) is 17.6 Å².